The number of methoxy groups -OCH3 is 1. The fourth-order valence-corrected chi connectivity index (χ4v) is 14.7. The fourth-order valence-electron chi connectivity index (χ4n) is 14.7. The Morgan fingerprint density at radius 1 is 0.736 bits per heavy atom. The van der Waals surface area contributed by atoms with Gasteiger partial charge >= 0.3 is 0 Å². The topological polar surface area (TPSA) is 335 Å². The number of hydrogen-bond donors (Lipinski definition) is 12. The minimum absolute atomic E-state index is 0.0113. The molecule has 0 spiro atoms. The molecule has 72 heavy (non-hydrogen) atoms. The Bertz CT molecular complexity index is 1910. The maximum Gasteiger partial charge on any atom is 0.187 e. The highest BCUT2D eigenvalue weighted by Crippen LogP contribution is 2.70. The van der Waals surface area contributed by atoms with Crippen LogP contribution < -0.4 is 0 Å². The molecule has 0 aromatic carbocycles. The predicted octanol–water partition coefficient (Wildman–Crippen LogP) is -2.18. The SMILES string of the molecule is C=C(CCC1(OC)OC2C[C@H]3[C@@H]4CC=C5C[C@@H](O)C[C@@H](O[C@@H]6OC[C@H](O)[C@H](O[C@@H]7OC[C@@H](O)[C@H](O)[C@H]7O)[C@H]6O[C@@H]6O[C@@H](C)[C@H](O)[C@@H](O)[C@H]6O)[C@]5(C)[C@H]4CC[C@]3(C)C2[C@@H]1C)CO[C@@H]1O[C@H](CO)[C@@H](O)[C@H](O)[C@H]1O. The number of aliphatic hydroxyl groups is 12. The molecule has 0 bridgehead atoms. The zero-order valence-electron chi connectivity index (χ0n) is 41.7. The van der Waals surface area contributed by atoms with Crippen molar-refractivity contribution in [2.75, 3.05) is 33.5 Å². The number of aliphatic hydroxyl groups excluding tert-OH is 12. The molecule has 0 amide bonds. The van der Waals surface area contributed by atoms with Crippen LogP contribution in [-0.2, 0) is 47.4 Å². The third-order valence-electron chi connectivity index (χ3n) is 18.8. The van der Waals surface area contributed by atoms with Crippen LogP contribution >= 0.6 is 0 Å². The minimum atomic E-state index is -1.76. The largest absolute Gasteiger partial charge is 0.394 e. The summed E-state index contributed by atoms with van der Waals surface area (Å²) in [6.45, 7) is 11.1. The molecular weight excluding hydrogens is 953 g/mol. The van der Waals surface area contributed by atoms with E-state index in [1.54, 1.807) is 7.11 Å². The van der Waals surface area contributed by atoms with Gasteiger partial charge in [0.1, 0.15) is 79.4 Å². The van der Waals surface area contributed by atoms with Gasteiger partial charge in [-0.15, -0.1) is 0 Å². The number of ether oxygens (including phenoxy) is 10. The first-order valence-corrected chi connectivity index (χ1v) is 25.9. The van der Waals surface area contributed by atoms with Crippen molar-refractivity contribution in [3.05, 3.63) is 23.8 Å². The van der Waals surface area contributed by atoms with Crippen molar-refractivity contribution < 1.29 is 109 Å². The highest BCUT2D eigenvalue weighted by Gasteiger charge is 2.69. The molecule has 412 valence electrons. The van der Waals surface area contributed by atoms with Crippen LogP contribution in [0.1, 0.15) is 79.1 Å². The van der Waals surface area contributed by atoms with Gasteiger partial charge < -0.3 is 109 Å². The van der Waals surface area contributed by atoms with Gasteiger partial charge in [-0.1, -0.05) is 44.6 Å². The van der Waals surface area contributed by atoms with Gasteiger partial charge in [-0.3, -0.25) is 0 Å². The lowest BCUT2D eigenvalue weighted by molar-refractivity contribution is -0.382. The summed E-state index contributed by atoms with van der Waals surface area (Å²) in [6, 6.07) is 0. The van der Waals surface area contributed by atoms with Crippen LogP contribution in [0.4, 0.5) is 0 Å². The second-order valence-corrected chi connectivity index (χ2v) is 22.8. The van der Waals surface area contributed by atoms with Gasteiger partial charge in [-0.05, 0) is 74.5 Å². The number of rotatable bonds is 14. The van der Waals surface area contributed by atoms with Crippen LogP contribution in [0.15, 0.2) is 23.8 Å². The van der Waals surface area contributed by atoms with Gasteiger partial charge in [0.05, 0.1) is 50.8 Å². The molecule has 12 N–H and O–H groups in total. The van der Waals surface area contributed by atoms with E-state index in [0.717, 1.165) is 31.3 Å². The maximum atomic E-state index is 11.5. The summed E-state index contributed by atoms with van der Waals surface area (Å²) in [5.74, 6) is -0.203. The van der Waals surface area contributed by atoms with E-state index in [-0.39, 0.29) is 67.3 Å². The van der Waals surface area contributed by atoms with Crippen molar-refractivity contribution in [1.82, 2.24) is 0 Å². The van der Waals surface area contributed by atoms with E-state index < -0.39 is 141 Å². The lowest BCUT2D eigenvalue weighted by atomic mass is 9.46. The predicted molar refractivity (Wildman–Crippen MR) is 244 cm³/mol. The summed E-state index contributed by atoms with van der Waals surface area (Å²) < 4.78 is 61.7. The van der Waals surface area contributed by atoms with E-state index in [4.69, 9.17) is 47.4 Å². The molecule has 4 aliphatic carbocycles. The van der Waals surface area contributed by atoms with Crippen molar-refractivity contribution in [2.24, 2.45) is 40.4 Å². The zero-order chi connectivity index (χ0) is 51.9. The van der Waals surface area contributed by atoms with Crippen molar-refractivity contribution in [2.45, 2.75) is 214 Å². The quantitative estimate of drug-likeness (QED) is 0.0823. The average Bonchev–Trinajstić information content (AvgIpc) is 3.81. The molecule has 8 fully saturated rings. The summed E-state index contributed by atoms with van der Waals surface area (Å²) in [7, 11) is 1.66. The highest BCUT2D eigenvalue weighted by atomic mass is 16.8. The Hall–Kier alpha value is -1.40. The van der Waals surface area contributed by atoms with E-state index in [2.05, 4.69) is 33.4 Å². The Balaban J connectivity index is 0.912. The van der Waals surface area contributed by atoms with Crippen molar-refractivity contribution >= 4 is 0 Å². The van der Waals surface area contributed by atoms with Gasteiger partial charge in [0.15, 0.2) is 30.9 Å². The third-order valence-corrected chi connectivity index (χ3v) is 18.8. The molecule has 5 aliphatic heterocycles. The lowest BCUT2D eigenvalue weighted by Gasteiger charge is -2.60. The standard InChI is InChI=1S/C50H80O22/c1-20(17-64-44-40(61)38(59)36(57)31(16-51)68-44)9-12-50(63-6)21(2)33-30(72-50)15-27-25-8-7-23-13-24(52)14-32(49(23,5)26(25)10-11-48(27,33)4)69-47-43(71-46-41(62)37(58)34(55)22(3)67-46)42(29(54)19-66-47)70-45-39(60)35(56)28(53)18-65-45/h7,21-22,24-47,51-62H,1,8-19H2,2-6H3/t21-,22-,24+,25+,26-,27-,28+,29-,30?,31+,32+,33?,34-,35-,36+,37+,38-,39+,40+,41+,42-,43+,44+,45-,46-,47-,48-,49-,50?/m0/s1. The summed E-state index contributed by atoms with van der Waals surface area (Å²) in [6.07, 6.45) is -20.7. The van der Waals surface area contributed by atoms with Gasteiger partial charge in [0, 0.05) is 31.3 Å². The maximum absolute atomic E-state index is 11.5. The first-order valence-electron chi connectivity index (χ1n) is 25.9. The van der Waals surface area contributed by atoms with Gasteiger partial charge in [-0.2, -0.15) is 0 Å². The summed E-state index contributed by atoms with van der Waals surface area (Å²) >= 11 is 0. The Morgan fingerprint density at radius 2 is 1.40 bits per heavy atom. The number of fused-ring (bicyclic) bond motifs is 7. The van der Waals surface area contributed by atoms with Crippen LogP contribution in [0.2, 0.25) is 0 Å². The molecule has 22 nitrogen and oxygen atoms in total. The first-order chi connectivity index (χ1) is 34.1. The van der Waals surface area contributed by atoms with E-state index in [0.29, 0.717) is 24.8 Å². The van der Waals surface area contributed by atoms with Crippen LogP contribution in [-0.4, -0.2) is 230 Å². The summed E-state index contributed by atoms with van der Waals surface area (Å²) in [4.78, 5) is 0. The van der Waals surface area contributed by atoms with Gasteiger partial charge in [-0.25, -0.2) is 0 Å². The van der Waals surface area contributed by atoms with E-state index >= 15 is 0 Å². The second-order valence-electron chi connectivity index (χ2n) is 22.8. The van der Waals surface area contributed by atoms with E-state index in [1.807, 2.05) is 0 Å². The molecule has 3 saturated carbocycles. The van der Waals surface area contributed by atoms with Crippen LogP contribution in [0.3, 0.4) is 0 Å². The van der Waals surface area contributed by atoms with Crippen molar-refractivity contribution in [3.8, 4) is 0 Å². The Morgan fingerprint density at radius 3 is 2.12 bits per heavy atom. The van der Waals surface area contributed by atoms with Crippen molar-refractivity contribution in [1.29, 1.82) is 0 Å². The molecular formula is C50H80O22. The molecule has 9 aliphatic rings. The van der Waals surface area contributed by atoms with Crippen LogP contribution in [0, 0.1) is 40.4 Å². The van der Waals surface area contributed by atoms with E-state index in [9.17, 15) is 61.3 Å². The lowest BCUT2D eigenvalue weighted by Crippen LogP contribution is -2.65. The van der Waals surface area contributed by atoms with Crippen LogP contribution in [0.5, 0.6) is 0 Å². The molecule has 5 heterocycles. The number of allylic oxidation sites excluding steroid dienone is 1. The van der Waals surface area contributed by atoms with E-state index in [1.165, 1.54) is 6.92 Å². The molecule has 22 heteroatoms. The molecule has 9 rings (SSSR count). The van der Waals surface area contributed by atoms with Crippen LogP contribution in [0.25, 0.3) is 0 Å². The third kappa shape index (κ3) is 9.61. The average molecular weight is 1030 g/mol. The molecule has 3 unspecified atom stereocenters. The first kappa shape index (κ1) is 55.4. The number of hydrogen-bond acceptors (Lipinski definition) is 22. The molecule has 5 saturated heterocycles. The Labute approximate surface area is 419 Å². The monoisotopic (exact) mass is 1030 g/mol. The van der Waals surface area contributed by atoms with Gasteiger partial charge in [0.25, 0.3) is 0 Å². The molecule has 29 atom stereocenters. The highest BCUT2D eigenvalue weighted by molar-refractivity contribution is 5.29. The Kier molecular flexibility index (Phi) is 16.5. The molecule has 0 aromatic heterocycles. The second kappa shape index (κ2) is 21.4. The smallest absolute Gasteiger partial charge is 0.187 e. The minimum Gasteiger partial charge on any atom is -0.394 e. The van der Waals surface area contributed by atoms with Gasteiger partial charge in [0.2, 0.25) is 0 Å². The molecule has 0 radical (unpaired) electrons. The van der Waals surface area contributed by atoms with Crippen molar-refractivity contribution in [3.63, 3.8) is 0 Å². The normalized spacial score (nSPS) is 54.5. The fraction of sp³-hybridized carbons (Fsp3) is 0.920. The zero-order valence-corrected chi connectivity index (χ0v) is 41.7. The summed E-state index contributed by atoms with van der Waals surface area (Å²) in [5.41, 5.74) is 0.992. The summed E-state index contributed by atoms with van der Waals surface area (Å²) in [5, 5.41) is 127. The molecule has 0 aromatic rings.